The molecule has 0 aliphatic rings. The van der Waals surface area contributed by atoms with E-state index in [9.17, 15) is 5.11 Å². The van der Waals surface area contributed by atoms with Gasteiger partial charge >= 0.3 is 0 Å². The molecule has 0 fully saturated rings. The lowest BCUT2D eigenvalue weighted by Crippen LogP contribution is -2.30. The van der Waals surface area contributed by atoms with Crippen LogP contribution in [0.25, 0.3) is 5.95 Å². The molecule has 2 N–H and O–H groups in total. The number of aliphatic hydroxyl groups excluding tert-OH is 1. The van der Waals surface area contributed by atoms with Gasteiger partial charge in [-0.3, -0.25) is 0 Å². The predicted octanol–water partition coefficient (Wildman–Crippen LogP) is 0.534. The summed E-state index contributed by atoms with van der Waals surface area (Å²) in [4.78, 5) is 15.9. The molecule has 0 saturated carbocycles. The molecule has 2 heterocycles. The standard InChI is InChI=1S/C10H14ClN7O/c1-6(2)7(3-19)14-9-15-8(11)16-10(17-9)18-5-12-4-13-18/h4-7,19H,3H2,1-2H3,(H,14,15,16,17)/t7-/m1/s1. The summed E-state index contributed by atoms with van der Waals surface area (Å²) in [5.74, 6) is 0.772. The molecular formula is C10H14ClN7O. The highest BCUT2D eigenvalue weighted by atomic mass is 35.5. The number of aromatic nitrogens is 6. The van der Waals surface area contributed by atoms with E-state index in [1.54, 1.807) is 0 Å². The zero-order valence-electron chi connectivity index (χ0n) is 10.5. The number of anilines is 1. The quantitative estimate of drug-likeness (QED) is 0.825. The van der Waals surface area contributed by atoms with Gasteiger partial charge < -0.3 is 10.4 Å². The van der Waals surface area contributed by atoms with Gasteiger partial charge in [-0.15, -0.1) is 0 Å². The average molecular weight is 284 g/mol. The van der Waals surface area contributed by atoms with Crippen molar-refractivity contribution in [2.45, 2.75) is 19.9 Å². The predicted molar refractivity (Wildman–Crippen MR) is 69.1 cm³/mol. The first kappa shape index (κ1) is 13.6. The van der Waals surface area contributed by atoms with E-state index in [1.165, 1.54) is 17.3 Å². The Bertz CT molecular complexity index is 531. The molecule has 9 heteroatoms. The van der Waals surface area contributed by atoms with Gasteiger partial charge in [-0.2, -0.15) is 24.7 Å². The van der Waals surface area contributed by atoms with Gasteiger partial charge in [0.05, 0.1) is 12.6 Å². The van der Waals surface area contributed by atoms with E-state index in [0.717, 1.165) is 0 Å². The fraction of sp³-hybridized carbons (Fsp3) is 0.500. The maximum absolute atomic E-state index is 9.29. The topological polar surface area (TPSA) is 102 Å². The molecule has 2 rings (SSSR count). The minimum absolute atomic E-state index is 0.0281. The zero-order chi connectivity index (χ0) is 13.8. The fourth-order valence-electron chi connectivity index (χ4n) is 1.41. The van der Waals surface area contributed by atoms with E-state index in [2.05, 4.69) is 30.4 Å². The van der Waals surface area contributed by atoms with Gasteiger partial charge in [0.15, 0.2) is 0 Å². The molecule has 2 aromatic heterocycles. The Morgan fingerprint density at radius 3 is 2.74 bits per heavy atom. The van der Waals surface area contributed by atoms with Gasteiger partial charge in [-0.05, 0) is 17.5 Å². The normalized spacial score (nSPS) is 12.7. The summed E-state index contributed by atoms with van der Waals surface area (Å²) in [5, 5.41) is 16.3. The molecule has 0 aliphatic carbocycles. The average Bonchev–Trinajstić information content (AvgIpc) is 2.88. The third kappa shape index (κ3) is 3.36. The number of nitrogens with zero attached hydrogens (tertiary/aromatic N) is 6. The van der Waals surface area contributed by atoms with Crippen LogP contribution in [0.4, 0.5) is 5.95 Å². The number of rotatable bonds is 5. The summed E-state index contributed by atoms with van der Waals surface area (Å²) in [7, 11) is 0. The molecule has 0 saturated heterocycles. The Kier molecular flexibility index (Phi) is 4.23. The van der Waals surface area contributed by atoms with Crippen molar-refractivity contribution >= 4 is 17.5 Å². The van der Waals surface area contributed by atoms with Crippen molar-refractivity contribution in [3.05, 3.63) is 17.9 Å². The molecule has 0 unspecified atom stereocenters. The summed E-state index contributed by atoms with van der Waals surface area (Å²) in [6.07, 6.45) is 2.83. The molecule has 102 valence electrons. The van der Waals surface area contributed by atoms with Gasteiger partial charge in [0.25, 0.3) is 5.95 Å². The maximum atomic E-state index is 9.29. The first-order valence-electron chi connectivity index (χ1n) is 5.74. The van der Waals surface area contributed by atoms with Crippen LogP contribution in [-0.2, 0) is 0 Å². The van der Waals surface area contributed by atoms with Crippen LogP contribution in [0.5, 0.6) is 0 Å². The smallest absolute Gasteiger partial charge is 0.258 e. The third-order valence-corrected chi connectivity index (χ3v) is 2.70. The molecule has 0 aliphatic heterocycles. The zero-order valence-corrected chi connectivity index (χ0v) is 11.3. The van der Waals surface area contributed by atoms with Crippen molar-refractivity contribution in [1.82, 2.24) is 29.7 Å². The molecule has 0 amide bonds. The van der Waals surface area contributed by atoms with Gasteiger partial charge in [0.2, 0.25) is 11.2 Å². The summed E-state index contributed by atoms with van der Waals surface area (Å²) in [6, 6.07) is -0.165. The maximum Gasteiger partial charge on any atom is 0.258 e. The van der Waals surface area contributed by atoms with Crippen molar-refractivity contribution in [2.24, 2.45) is 5.92 Å². The number of hydrogen-bond donors (Lipinski definition) is 2. The van der Waals surface area contributed by atoms with Crippen LogP contribution < -0.4 is 5.32 Å². The van der Waals surface area contributed by atoms with Gasteiger partial charge in [-0.1, -0.05) is 13.8 Å². The van der Waals surface area contributed by atoms with Gasteiger partial charge in [0, 0.05) is 0 Å². The van der Waals surface area contributed by atoms with Crippen molar-refractivity contribution in [3.63, 3.8) is 0 Å². The number of nitrogens with one attached hydrogen (secondary N) is 1. The van der Waals surface area contributed by atoms with Crippen LogP contribution in [0.3, 0.4) is 0 Å². The van der Waals surface area contributed by atoms with Gasteiger partial charge in [0.1, 0.15) is 12.7 Å². The molecule has 19 heavy (non-hydrogen) atoms. The van der Waals surface area contributed by atoms with E-state index in [1.807, 2.05) is 13.8 Å². The van der Waals surface area contributed by atoms with E-state index in [-0.39, 0.29) is 29.8 Å². The largest absolute Gasteiger partial charge is 0.394 e. The Morgan fingerprint density at radius 2 is 2.16 bits per heavy atom. The lowest BCUT2D eigenvalue weighted by atomic mass is 10.1. The summed E-state index contributed by atoms with van der Waals surface area (Å²) in [6.45, 7) is 3.93. The molecule has 0 aromatic carbocycles. The Labute approximate surface area is 114 Å². The van der Waals surface area contributed by atoms with E-state index in [4.69, 9.17) is 11.6 Å². The Morgan fingerprint density at radius 1 is 1.37 bits per heavy atom. The van der Waals surface area contributed by atoms with Crippen LogP contribution in [0, 0.1) is 5.92 Å². The molecule has 0 radical (unpaired) electrons. The first-order chi connectivity index (χ1) is 9.10. The number of halogens is 1. The van der Waals surface area contributed by atoms with Crippen LogP contribution in [0.2, 0.25) is 5.28 Å². The molecular weight excluding hydrogens is 270 g/mol. The molecule has 0 spiro atoms. The van der Waals surface area contributed by atoms with Crippen molar-refractivity contribution < 1.29 is 5.11 Å². The van der Waals surface area contributed by atoms with Gasteiger partial charge in [-0.25, -0.2) is 4.98 Å². The lowest BCUT2D eigenvalue weighted by molar-refractivity contribution is 0.248. The van der Waals surface area contributed by atoms with Crippen molar-refractivity contribution in [2.75, 3.05) is 11.9 Å². The fourth-order valence-corrected chi connectivity index (χ4v) is 1.56. The second-order valence-corrected chi connectivity index (χ2v) is 4.58. The lowest BCUT2D eigenvalue weighted by Gasteiger charge is -2.19. The molecule has 0 bridgehead atoms. The van der Waals surface area contributed by atoms with Crippen molar-refractivity contribution in [3.8, 4) is 5.95 Å². The van der Waals surface area contributed by atoms with E-state index < -0.39 is 0 Å². The van der Waals surface area contributed by atoms with E-state index in [0.29, 0.717) is 5.95 Å². The van der Waals surface area contributed by atoms with Crippen LogP contribution in [-0.4, -0.2) is 47.5 Å². The molecule has 8 nitrogen and oxygen atoms in total. The number of hydrogen-bond acceptors (Lipinski definition) is 7. The number of aliphatic hydroxyl groups is 1. The summed E-state index contributed by atoms with van der Waals surface area (Å²) < 4.78 is 1.38. The minimum atomic E-state index is -0.165. The highest BCUT2D eigenvalue weighted by molar-refractivity contribution is 6.28. The van der Waals surface area contributed by atoms with Crippen LogP contribution in [0.15, 0.2) is 12.7 Å². The Balaban J connectivity index is 2.27. The molecule has 2 aromatic rings. The van der Waals surface area contributed by atoms with E-state index >= 15 is 0 Å². The third-order valence-electron chi connectivity index (χ3n) is 2.54. The monoisotopic (exact) mass is 283 g/mol. The van der Waals surface area contributed by atoms with Crippen molar-refractivity contribution in [1.29, 1.82) is 0 Å². The Hall–Kier alpha value is -1.80. The summed E-state index contributed by atoms with van der Waals surface area (Å²) >= 11 is 5.85. The highest BCUT2D eigenvalue weighted by Crippen LogP contribution is 2.12. The van der Waals surface area contributed by atoms with Crippen LogP contribution >= 0.6 is 11.6 Å². The second-order valence-electron chi connectivity index (χ2n) is 4.25. The minimum Gasteiger partial charge on any atom is -0.394 e. The second kappa shape index (κ2) is 5.89. The van der Waals surface area contributed by atoms with Crippen LogP contribution in [0.1, 0.15) is 13.8 Å². The molecule has 1 atom stereocenters. The SMILES string of the molecule is CC(C)[C@@H](CO)Nc1nc(Cl)nc(-n2cncn2)n1. The first-order valence-corrected chi connectivity index (χ1v) is 6.12. The summed E-state index contributed by atoms with van der Waals surface area (Å²) in [5.41, 5.74) is 0. The highest BCUT2D eigenvalue weighted by Gasteiger charge is 2.15.